The highest BCUT2D eigenvalue weighted by Crippen LogP contribution is 2.14. The molecule has 1 saturated heterocycles. The van der Waals surface area contributed by atoms with Crippen LogP contribution in [0.15, 0.2) is 65.4 Å². The van der Waals surface area contributed by atoms with Gasteiger partial charge in [0.15, 0.2) is 0 Å². The van der Waals surface area contributed by atoms with E-state index in [1.165, 1.54) is 5.56 Å². The standard InChI is InChI=1S/C23H26BrN5O/c1-27-9-11-28(12-10-27)16-19-4-2-3-18(13-19)14-25-23(30)20-5-7-22(8-6-20)29-17-21(24)15-26-29/h2-8,13,15,17H,9-12,14,16H2,1H3,(H,25,30). The van der Waals surface area contributed by atoms with Crippen molar-refractivity contribution in [2.75, 3.05) is 33.2 Å². The van der Waals surface area contributed by atoms with Crippen molar-refractivity contribution in [3.05, 3.63) is 82.1 Å². The SMILES string of the molecule is CN1CCN(Cc2cccc(CNC(=O)c3ccc(-n4cc(Br)cn4)cc3)c2)CC1. The van der Waals surface area contributed by atoms with E-state index < -0.39 is 0 Å². The molecule has 2 heterocycles. The number of piperazine rings is 1. The van der Waals surface area contributed by atoms with Crippen LogP contribution < -0.4 is 5.32 Å². The molecular formula is C23H26BrN5O. The van der Waals surface area contributed by atoms with Crippen molar-refractivity contribution in [3.63, 3.8) is 0 Å². The normalized spacial score (nSPS) is 15.3. The van der Waals surface area contributed by atoms with E-state index in [0.717, 1.165) is 48.4 Å². The van der Waals surface area contributed by atoms with Crippen LogP contribution in [0.1, 0.15) is 21.5 Å². The number of nitrogens with one attached hydrogen (secondary N) is 1. The molecule has 1 aliphatic rings. The van der Waals surface area contributed by atoms with Gasteiger partial charge in [0.05, 0.1) is 16.4 Å². The summed E-state index contributed by atoms with van der Waals surface area (Å²) < 4.78 is 2.68. The first kappa shape index (κ1) is 20.8. The Labute approximate surface area is 185 Å². The molecule has 1 fully saturated rings. The van der Waals surface area contributed by atoms with Crippen molar-refractivity contribution in [2.45, 2.75) is 13.1 Å². The Morgan fingerprint density at radius 2 is 1.80 bits per heavy atom. The molecule has 1 amide bonds. The van der Waals surface area contributed by atoms with E-state index in [-0.39, 0.29) is 5.91 Å². The van der Waals surface area contributed by atoms with Gasteiger partial charge in [0.2, 0.25) is 0 Å². The van der Waals surface area contributed by atoms with Crippen molar-refractivity contribution in [2.24, 2.45) is 0 Å². The molecule has 1 aromatic heterocycles. The van der Waals surface area contributed by atoms with E-state index in [4.69, 9.17) is 0 Å². The average molecular weight is 468 g/mol. The smallest absolute Gasteiger partial charge is 0.251 e. The first-order chi connectivity index (χ1) is 14.6. The van der Waals surface area contributed by atoms with Gasteiger partial charge in [0.25, 0.3) is 5.91 Å². The molecule has 0 spiro atoms. The van der Waals surface area contributed by atoms with Gasteiger partial charge >= 0.3 is 0 Å². The van der Waals surface area contributed by atoms with Crippen molar-refractivity contribution in [1.29, 1.82) is 0 Å². The zero-order valence-corrected chi connectivity index (χ0v) is 18.7. The third-order valence-corrected chi connectivity index (χ3v) is 5.80. The zero-order chi connectivity index (χ0) is 20.9. The van der Waals surface area contributed by atoms with Crippen LogP contribution in [0.5, 0.6) is 0 Å². The number of hydrogen-bond donors (Lipinski definition) is 1. The van der Waals surface area contributed by atoms with E-state index in [2.05, 4.69) is 67.5 Å². The maximum Gasteiger partial charge on any atom is 0.251 e. The molecular weight excluding hydrogens is 442 g/mol. The largest absolute Gasteiger partial charge is 0.348 e. The van der Waals surface area contributed by atoms with Crippen LogP contribution in [0.4, 0.5) is 0 Å². The Balaban J connectivity index is 1.32. The number of carbonyl (C=O) groups excluding carboxylic acids is 1. The van der Waals surface area contributed by atoms with Crippen molar-refractivity contribution in [3.8, 4) is 5.69 Å². The number of carbonyl (C=O) groups is 1. The maximum absolute atomic E-state index is 12.5. The third-order valence-electron chi connectivity index (χ3n) is 5.39. The van der Waals surface area contributed by atoms with Gasteiger partial charge in [-0.2, -0.15) is 5.10 Å². The molecule has 6 nitrogen and oxygen atoms in total. The molecule has 156 valence electrons. The first-order valence-corrected chi connectivity index (χ1v) is 10.9. The van der Waals surface area contributed by atoms with Gasteiger partial charge in [-0.1, -0.05) is 24.3 Å². The summed E-state index contributed by atoms with van der Waals surface area (Å²) in [5.74, 6) is -0.0762. The number of aromatic nitrogens is 2. The summed E-state index contributed by atoms with van der Waals surface area (Å²) in [6.45, 7) is 5.91. The molecule has 0 bridgehead atoms. The fourth-order valence-corrected chi connectivity index (χ4v) is 3.88. The Morgan fingerprint density at radius 1 is 1.07 bits per heavy atom. The second kappa shape index (κ2) is 9.55. The molecule has 0 radical (unpaired) electrons. The molecule has 3 aromatic rings. The lowest BCUT2D eigenvalue weighted by molar-refractivity contribution is 0.0951. The second-order valence-electron chi connectivity index (χ2n) is 7.73. The Kier molecular flexibility index (Phi) is 6.62. The Hall–Kier alpha value is -2.48. The van der Waals surface area contributed by atoms with Crippen LogP contribution >= 0.6 is 15.9 Å². The van der Waals surface area contributed by atoms with Crippen molar-refractivity contribution >= 4 is 21.8 Å². The van der Waals surface area contributed by atoms with Crippen molar-refractivity contribution in [1.82, 2.24) is 24.9 Å². The number of amides is 1. The minimum absolute atomic E-state index is 0.0762. The molecule has 0 saturated carbocycles. The lowest BCUT2D eigenvalue weighted by Crippen LogP contribution is -2.43. The molecule has 1 aliphatic heterocycles. The van der Waals surface area contributed by atoms with E-state index in [1.807, 2.05) is 30.5 Å². The van der Waals surface area contributed by atoms with E-state index >= 15 is 0 Å². The summed E-state index contributed by atoms with van der Waals surface area (Å²) in [6.07, 6.45) is 3.61. The quantitative estimate of drug-likeness (QED) is 0.603. The van der Waals surface area contributed by atoms with Gasteiger partial charge in [-0.05, 0) is 58.4 Å². The van der Waals surface area contributed by atoms with Crippen LogP contribution in [0, 0.1) is 0 Å². The zero-order valence-electron chi connectivity index (χ0n) is 17.1. The van der Waals surface area contributed by atoms with Crippen molar-refractivity contribution < 1.29 is 4.79 Å². The summed E-state index contributed by atoms with van der Waals surface area (Å²) in [7, 11) is 2.17. The Bertz CT molecular complexity index is 993. The summed E-state index contributed by atoms with van der Waals surface area (Å²) in [4.78, 5) is 17.4. The number of hydrogen-bond acceptors (Lipinski definition) is 4. The molecule has 0 atom stereocenters. The third kappa shape index (κ3) is 5.36. The highest BCUT2D eigenvalue weighted by atomic mass is 79.9. The predicted molar refractivity (Wildman–Crippen MR) is 122 cm³/mol. The summed E-state index contributed by atoms with van der Waals surface area (Å²) in [6, 6.07) is 15.9. The predicted octanol–water partition coefficient (Wildman–Crippen LogP) is 3.31. The Morgan fingerprint density at radius 3 is 2.50 bits per heavy atom. The molecule has 7 heteroatoms. The van der Waals surface area contributed by atoms with Crippen LogP contribution in [0.3, 0.4) is 0 Å². The van der Waals surface area contributed by atoms with E-state index in [0.29, 0.717) is 12.1 Å². The number of halogens is 1. The van der Waals surface area contributed by atoms with Gasteiger partial charge in [-0.15, -0.1) is 0 Å². The minimum atomic E-state index is -0.0762. The van der Waals surface area contributed by atoms with Gasteiger partial charge in [-0.25, -0.2) is 4.68 Å². The van der Waals surface area contributed by atoms with Gasteiger partial charge in [-0.3, -0.25) is 9.69 Å². The molecule has 30 heavy (non-hydrogen) atoms. The molecule has 2 aromatic carbocycles. The van der Waals surface area contributed by atoms with Gasteiger partial charge in [0.1, 0.15) is 0 Å². The lowest BCUT2D eigenvalue weighted by atomic mass is 10.1. The monoisotopic (exact) mass is 467 g/mol. The highest BCUT2D eigenvalue weighted by molar-refractivity contribution is 9.10. The second-order valence-corrected chi connectivity index (χ2v) is 8.65. The minimum Gasteiger partial charge on any atom is -0.348 e. The average Bonchev–Trinajstić information content (AvgIpc) is 3.20. The van der Waals surface area contributed by atoms with Gasteiger partial charge < -0.3 is 10.2 Å². The van der Waals surface area contributed by atoms with Crippen LogP contribution in [-0.2, 0) is 13.1 Å². The number of benzene rings is 2. The molecule has 0 unspecified atom stereocenters. The van der Waals surface area contributed by atoms with Gasteiger partial charge in [0, 0.05) is 51.0 Å². The van der Waals surface area contributed by atoms with Crippen LogP contribution in [0.25, 0.3) is 5.69 Å². The summed E-state index contributed by atoms with van der Waals surface area (Å²) in [5.41, 5.74) is 3.96. The molecule has 4 rings (SSSR count). The number of nitrogens with zero attached hydrogens (tertiary/aromatic N) is 4. The van der Waals surface area contributed by atoms with Crippen LogP contribution in [0.2, 0.25) is 0 Å². The fraction of sp³-hybridized carbons (Fsp3) is 0.304. The lowest BCUT2D eigenvalue weighted by Gasteiger charge is -2.32. The first-order valence-electron chi connectivity index (χ1n) is 10.1. The molecule has 0 aliphatic carbocycles. The maximum atomic E-state index is 12.5. The summed E-state index contributed by atoms with van der Waals surface area (Å²) in [5, 5.41) is 7.28. The van der Waals surface area contributed by atoms with Crippen LogP contribution in [-0.4, -0.2) is 58.7 Å². The summed E-state index contributed by atoms with van der Waals surface area (Å²) >= 11 is 3.39. The molecule has 1 N–H and O–H groups in total. The highest BCUT2D eigenvalue weighted by Gasteiger charge is 2.14. The topological polar surface area (TPSA) is 53.4 Å². The van der Waals surface area contributed by atoms with E-state index in [9.17, 15) is 4.79 Å². The van der Waals surface area contributed by atoms with E-state index in [1.54, 1.807) is 10.9 Å². The number of likely N-dealkylation sites (N-methyl/N-ethyl adjacent to an activating group) is 1. The number of rotatable bonds is 6. The fourth-order valence-electron chi connectivity index (χ4n) is 3.59.